The molecule has 3 heteroatoms. The SMILES string of the molecule is Cc1cc(C(=O)CCl)c(C)n1CC1Cc2ccccc21. The van der Waals surface area contributed by atoms with Crippen LogP contribution in [0.1, 0.15) is 38.8 Å². The normalized spacial score (nSPS) is 16.6. The first kappa shape index (κ1) is 13.4. The number of hydrogen-bond acceptors (Lipinski definition) is 1. The summed E-state index contributed by atoms with van der Waals surface area (Å²) in [6.07, 6.45) is 1.13. The predicted molar refractivity (Wildman–Crippen MR) is 81.8 cm³/mol. The van der Waals surface area contributed by atoms with Crippen molar-refractivity contribution in [3.63, 3.8) is 0 Å². The Kier molecular flexibility index (Phi) is 3.43. The lowest BCUT2D eigenvalue weighted by molar-refractivity contribution is 0.102. The highest BCUT2D eigenvalue weighted by Gasteiger charge is 2.27. The molecule has 0 N–H and O–H groups in total. The predicted octanol–water partition coefficient (Wildman–Crippen LogP) is 3.87. The van der Waals surface area contributed by atoms with Crippen LogP contribution in [0.25, 0.3) is 0 Å². The molecule has 0 fully saturated rings. The van der Waals surface area contributed by atoms with E-state index in [4.69, 9.17) is 11.6 Å². The van der Waals surface area contributed by atoms with Gasteiger partial charge >= 0.3 is 0 Å². The third-order valence-corrected chi connectivity index (χ3v) is 4.60. The average Bonchev–Trinajstić information content (AvgIpc) is 2.71. The zero-order chi connectivity index (χ0) is 14.3. The van der Waals surface area contributed by atoms with Crippen LogP contribution in [-0.4, -0.2) is 16.2 Å². The second-order valence-electron chi connectivity index (χ2n) is 5.55. The molecule has 0 saturated carbocycles. The van der Waals surface area contributed by atoms with Crippen molar-refractivity contribution in [1.29, 1.82) is 0 Å². The van der Waals surface area contributed by atoms with E-state index in [1.54, 1.807) is 0 Å². The van der Waals surface area contributed by atoms with Crippen LogP contribution in [0.3, 0.4) is 0 Å². The van der Waals surface area contributed by atoms with Gasteiger partial charge in [0.2, 0.25) is 0 Å². The molecule has 20 heavy (non-hydrogen) atoms. The fraction of sp³-hybridized carbons (Fsp3) is 0.353. The van der Waals surface area contributed by atoms with Gasteiger partial charge in [-0.15, -0.1) is 11.6 Å². The fourth-order valence-electron chi connectivity index (χ4n) is 3.18. The Bertz CT molecular complexity index is 672. The molecule has 0 bridgehead atoms. The fourth-order valence-corrected chi connectivity index (χ4v) is 3.33. The van der Waals surface area contributed by atoms with Gasteiger partial charge in [-0.05, 0) is 37.5 Å². The number of benzene rings is 1. The Morgan fingerprint density at radius 3 is 2.80 bits per heavy atom. The summed E-state index contributed by atoms with van der Waals surface area (Å²) >= 11 is 5.67. The van der Waals surface area contributed by atoms with Crippen molar-refractivity contribution in [2.75, 3.05) is 5.88 Å². The zero-order valence-electron chi connectivity index (χ0n) is 11.8. The largest absolute Gasteiger partial charge is 0.348 e. The molecule has 0 amide bonds. The summed E-state index contributed by atoms with van der Waals surface area (Å²) in [5.74, 6) is 0.631. The molecule has 0 spiro atoms. The van der Waals surface area contributed by atoms with Crippen LogP contribution in [-0.2, 0) is 13.0 Å². The van der Waals surface area contributed by atoms with E-state index >= 15 is 0 Å². The van der Waals surface area contributed by atoms with Gasteiger partial charge in [-0.1, -0.05) is 24.3 Å². The van der Waals surface area contributed by atoms with Gasteiger partial charge in [0.05, 0.1) is 5.88 Å². The van der Waals surface area contributed by atoms with Crippen LogP contribution >= 0.6 is 11.6 Å². The number of aryl methyl sites for hydroxylation is 1. The highest BCUT2D eigenvalue weighted by Crippen LogP contribution is 2.36. The molecule has 0 saturated heterocycles. The Labute approximate surface area is 124 Å². The van der Waals surface area contributed by atoms with Crippen molar-refractivity contribution in [2.24, 2.45) is 0 Å². The van der Waals surface area contributed by atoms with Gasteiger partial charge in [-0.3, -0.25) is 4.79 Å². The summed E-state index contributed by atoms with van der Waals surface area (Å²) in [4.78, 5) is 11.8. The van der Waals surface area contributed by atoms with Gasteiger partial charge in [-0.25, -0.2) is 0 Å². The summed E-state index contributed by atoms with van der Waals surface area (Å²) in [5.41, 5.74) is 5.85. The van der Waals surface area contributed by atoms with Crippen LogP contribution in [0.5, 0.6) is 0 Å². The number of halogens is 1. The average molecular weight is 288 g/mol. The molecule has 2 aromatic rings. The van der Waals surface area contributed by atoms with E-state index in [1.165, 1.54) is 11.1 Å². The molecular formula is C17H18ClNO. The Hall–Kier alpha value is -1.54. The summed E-state index contributed by atoms with van der Waals surface area (Å²) in [6, 6.07) is 10.6. The highest BCUT2D eigenvalue weighted by atomic mass is 35.5. The van der Waals surface area contributed by atoms with Crippen molar-refractivity contribution < 1.29 is 4.79 Å². The maximum absolute atomic E-state index is 11.8. The minimum atomic E-state index is 0.0139. The quantitative estimate of drug-likeness (QED) is 0.618. The van der Waals surface area contributed by atoms with Crippen LogP contribution in [0.2, 0.25) is 0 Å². The molecule has 1 aromatic carbocycles. The summed E-state index contributed by atoms with van der Waals surface area (Å²) in [5, 5.41) is 0. The van der Waals surface area contributed by atoms with Gasteiger partial charge in [0.25, 0.3) is 0 Å². The van der Waals surface area contributed by atoms with Crippen LogP contribution in [0.15, 0.2) is 30.3 Å². The first-order valence-electron chi connectivity index (χ1n) is 6.95. The smallest absolute Gasteiger partial charge is 0.179 e. The number of nitrogens with zero attached hydrogens (tertiary/aromatic N) is 1. The molecule has 1 atom stereocenters. The number of ketones is 1. The van der Waals surface area contributed by atoms with E-state index in [-0.39, 0.29) is 11.7 Å². The van der Waals surface area contributed by atoms with Crippen molar-refractivity contribution in [3.05, 3.63) is 58.4 Å². The Balaban J connectivity index is 1.86. The van der Waals surface area contributed by atoms with Crippen molar-refractivity contribution in [2.45, 2.75) is 32.7 Å². The maximum atomic E-state index is 11.8. The molecule has 1 unspecified atom stereocenters. The second-order valence-corrected chi connectivity index (χ2v) is 5.82. The van der Waals surface area contributed by atoms with E-state index in [9.17, 15) is 4.79 Å². The first-order chi connectivity index (χ1) is 9.61. The number of aromatic nitrogens is 1. The number of carbonyl (C=O) groups excluding carboxylic acids is 1. The van der Waals surface area contributed by atoms with E-state index in [0.717, 1.165) is 29.9 Å². The number of rotatable bonds is 4. The zero-order valence-corrected chi connectivity index (χ0v) is 12.6. The standard InChI is InChI=1S/C17H18ClNO/c1-11-7-16(17(20)9-18)12(2)19(11)10-14-8-13-5-3-4-6-15(13)14/h3-7,14H,8-10H2,1-2H3. The van der Waals surface area contributed by atoms with Crippen LogP contribution < -0.4 is 0 Å². The molecule has 1 aromatic heterocycles. The van der Waals surface area contributed by atoms with Crippen molar-refractivity contribution in [3.8, 4) is 0 Å². The van der Waals surface area contributed by atoms with E-state index < -0.39 is 0 Å². The second kappa shape index (κ2) is 5.10. The molecule has 0 radical (unpaired) electrons. The molecule has 3 rings (SSSR count). The molecule has 1 heterocycles. The molecular weight excluding hydrogens is 270 g/mol. The van der Waals surface area contributed by atoms with E-state index in [0.29, 0.717) is 5.92 Å². The van der Waals surface area contributed by atoms with Gasteiger partial charge in [0.15, 0.2) is 5.78 Å². The molecule has 0 aliphatic heterocycles. The van der Waals surface area contributed by atoms with Gasteiger partial charge in [-0.2, -0.15) is 0 Å². The molecule has 1 aliphatic rings. The lowest BCUT2D eigenvalue weighted by atomic mass is 9.77. The number of fused-ring (bicyclic) bond motifs is 1. The topological polar surface area (TPSA) is 22.0 Å². The number of alkyl halides is 1. The Morgan fingerprint density at radius 1 is 1.35 bits per heavy atom. The molecule has 1 aliphatic carbocycles. The highest BCUT2D eigenvalue weighted by molar-refractivity contribution is 6.30. The van der Waals surface area contributed by atoms with Crippen LogP contribution in [0, 0.1) is 13.8 Å². The van der Waals surface area contributed by atoms with Gasteiger partial charge in [0, 0.05) is 29.4 Å². The van der Waals surface area contributed by atoms with Gasteiger partial charge < -0.3 is 4.57 Å². The molecule has 104 valence electrons. The number of carbonyl (C=O) groups is 1. The minimum Gasteiger partial charge on any atom is -0.348 e. The third kappa shape index (κ3) is 2.08. The molecule has 2 nitrogen and oxygen atoms in total. The minimum absolute atomic E-state index is 0.0139. The van der Waals surface area contributed by atoms with Crippen LogP contribution in [0.4, 0.5) is 0 Å². The summed E-state index contributed by atoms with van der Waals surface area (Å²) in [6.45, 7) is 5.02. The summed E-state index contributed by atoms with van der Waals surface area (Å²) < 4.78 is 2.25. The van der Waals surface area contributed by atoms with Gasteiger partial charge in [0.1, 0.15) is 0 Å². The van der Waals surface area contributed by atoms with Crippen molar-refractivity contribution >= 4 is 17.4 Å². The monoisotopic (exact) mass is 287 g/mol. The third-order valence-electron chi connectivity index (χ3n) is 4.36. The van der Waals surface area contributed by atoms with Crippen molar-refractivity contribution in [1.82, 2.24) is 4.57 Å². The Morgan fingerprint density at radius 2 is 2.10 bits per heavy atom. The van der Waals surface area contributed by atoms with E-state index in [1.807, 2.05) is 13.0 Å². The lowest BCUT2D eigenvalue weighted by Crippen LogP contribution is -2.23. The maximum Gasteiger partial charge on any atom is 0.179 e. The number of Topliss-reactive ketones (excluding diaryl/α,β-unsaturated/α-hetero) is 1. The summed E-state index contributed by atoms with van der Waals surface area (Å²) in [7, 11) is 0. The first-order valence-corrected chi connectivity index (χ1v) is 7.49. The van der Waals surface area contributed by atoms with E-state index in [2.05, 4.69) is 35.8 Å². The lowest BCUT2D eigenvalue weighted by Gasteiger charge is -2.31. The number of hydrogen-bond donors (Lipinski definition) is 0.